The van der Waals surface area contributed by atoms with Gasteiger partial charge in [0.2, 0.25) is 0 Å². The molecule has 3 atom stereocenters. The second kappa shape index (κ2) is 3.50. The Balaban J connectivity index is 1.73. The number of carbonyl (C=O) groups excluding carboxylic acids is 1. The molecule has 21 heavy (non-hydrogen) atoms. The highest BCUT2D eigenvalue weighted by Crippen LogP contribution is 2.69. The van der Waals surface area contributed by atoms with Crippen LogP contribution in [0.1, 0.15) is 24.5 Å². The smallest absolute Gasteiger partial charge is 0.161 e. The van der Waals surface area contributed by atoms with Crippen LogP contribution in [0.3, 0.4) is 0 Å². The Labute approximate surface area is 123 Å². The molecule has 0 radical (unpaired) electrons. The van der Waals surface area contributed by atoms with Gasteiger partial charge in [-0.25, -0.2) is 0 Å². The molecule has 0 bridgehead atoms. The van der Waals surface area contributed by atoms with Crippen LogP contribution in [0.25, 0.3) is 0 Å². The quantitative estimate of drug-likeness (QED) is 0.787. The van der Waals surface area contributed by atoms with E-state index < -0.39 is 0 Å². The summed E-state index contributed by atoms with van der Waals surface area (Å²) in [6.45, 7) is 4.24. The van der Waals surface area contributed by atoms with Crippen molar-refractivity contribution in [2.45, 2.75) is 30.8 Å². The Morgan fingerprint density at radius 2 is 2.00 bits per heavy atom. The van der Waals surface area contributed by atoms with Crippen LogP contribution in [-0.2, 0) is 16.8 Å². The minimum atomic E-state index is -0.0877. The maximum Gasteiger partial charge on any atom is 0.161 e. The molecule has 2 heterocycles. The standard InChI is InChI=1S/C17H17NO3/c1-10-16-3-2-12(19)8-17(10,16)18-9-11-6-14-15(7-13(11)16)21-5-4-20-14/h2-3,6-7,10,18H,4-5,8-9H2,1H3/t10-,16-,17-/m0/s1. The average Bonchev–Trinajstić information content (AvgIpc) is 3.05. The summed E-state index contributed by atoms with van der Waals surface area (Å²) < 4.78 is 11.4. The number of rotatable bonds is 0. The maximum atomic E-state index is 11.9. The van der Waals surface area contributed by atoms with Crippen molar-refractivity contribution >= 4 is 5.78 Å². The van der Waals surface area contributed by atoms with E-state index in [1.165, 1.54) is 11.1 Å². The molecule has 2 aliphatic heterocycles. The zero-order valence-electron chi connectivity index (χ0n) is 11.9. The van der Waals surface area contributed by atoms with Crippen LogP contribution in [0.2, 0.25) is 0 Å². The second-order valence-electron chi connectivity index (χ2n) is 6.55. The van der Waals surface area contributed by atoms with Gasteiger partial charge in [0.15, 0.2) is 17.3 Å². The van der Waals surface area contributed by atoms with Crippen LogP contribution in [0.4, 0.5) is 0 Å². The molecule has 1 fully saturated rings. The lowest BCUT2D eigenvalue weighted by Crippen LogP contribution is -2.45. The highest BCUT2D eigenvalue weighted by molar-refractivity contribution is 5.94. The number of nitrogens with one attached hydrogen (secondary N) is 1. The fourth-order valence-electron chi connectivity index (χ4n) is 4.76. The summed E-state index contributed by atoms with van der Waals surface area (Å²) in [6.07, 6.45) is 4.47. The number of hydrogen-bond donors (Lipinski definition) is 1. The third-order valence-corrected chi connectivity index (χ3v) is 5.87. The first-order chi connectivity index (χ1) is 10.2. The van der Waals surface area contributed by atoms with Gasteiger partial charge in [-0.15, -0.1) is 0 Å². The van der Waals surface area contributed by atoms with E-state index in [-0.39, 0.29) is 16.7 Å². The number of carbonyl (C=O) groups is 1. The molecule has 1 N–H and O–H groups in total. The highest BCUT2D eigenvalue weighted by atomic mass is 16.6. The molecule has 2 aliphatic carbocycles. The van der Waals surface area contributed by atoms with E-state index in [0.717, 1.165) is 18.0 Å². The highest BCUT2D eigenvalue weighted by Gasteiger charge is 2.76. The molecular formula is C17H17NO3. The van der Waals surface area contributed by atoms with E-state index in [9.17, 15) is 4.79 Å². The molecule has 4 heteroatoms. The van der Waals surface area contributed by atoms with E-state index in [4.69, 9.17) is 9.47 Å². The Bertz CT molecular complexity index is 710. The number of allylic oxidation sites excluding steroid dienone is 1. The molecule has 0 aromatic heterocycles. The van der Waals surface area contributed by atoms with E-state index in [2.05, 4.69) is 30.4 Å². The summed E-state index contributed by atoms with van der Waals surface area (Å²) >= 11 is 0. The summed E-state index contributed by atoms with van der Waals surface area (Å²) in [7, 11) is 0. The molecule has 4 nitrogen and oxygen atoms in total. The summed E-state index contributed by atoms with van der Waals surface area (Å²) in [4.78, 5) is 11.9. The molecule has 1 aromatic carbocycles. The Kier molecular flexibility index (Phi) is 1.97. The van der Waals surface area contributed by atoms with Crippen LogP contribution in [-0.4, -0.2) is 24.5 Å². The van der Waals surface area contributed by atoms with Gasteiger partial charge in [-0.1, -0.05) is 13.0 Å². The van der Waals surface area contributed by atoms with Crippen LogP contribution >= 0.6 is 0 Å². The molecule has 1 saturated carbocycles. The first-order valence-corrected chi connectivity index (χ1v) is 7.57. The summed E-state index contributed by atoms with van der Waals surface area (Å²) in [5, 5.41) is 3.64. The summed E-state index contributed by atoms with van der Waals surface area (Å²) in [5.74, 6) is 2.34. The Morgan fingerprint density at radius 3 is 2.81 bits per heavy atom. The molecule has 4 aliphatic rings. The van der Waals surface area contributed by atoms with Gasteiger partial charge in [0.1, 0.15) is 13.2 Å². The fraction of sp³-hybridized carbons (Fsp3) is 0.471. The molecular weight excluding hydrogens is 266 g/mol. The van der Waals surface area contributed by atoms with Gasteiger partial charge < -0.3 is 14.8 Å². The Hall–Kier alpha value is -1.81. The lowest BCUT2D eigenvalue weighted by molar-refractivity contribution is -0.115. The van der Waals surface area contributed by atoms with Crippen LogP contribution < -0.4 is 14.8 Å². The van der Waals surface area contributed by atoms with Crippen molar-refractivity contribution in [3.8, 4) is 11.5 Å². The molecule has 0 saturated heterocycles. The average molecular weight is 283 g/mol. The predicted molar refractivity (Wildman–Crippen MR) is 76.6 cm³/mol. The molecule has 0 amide bonds. The molecule has 0 unspecified atom stereocenters. The van der Waals surface area contributed by atoms with Crippen molar-refractivity contribution in [3.63, 3.8) is 0 Å². The lowest BCUT2D eigenvalue weighted by atomic mass is 9.78. The van der Waals surface area contributed by atoms with Crippen LogP contribution in [0, 0.1) is 5.92 Å². The van der Waals surface area contributed by atoms with E-state index in [1.807, 2.05) is 0 Å². The second-order valence-corrected chi connectivity index (χ2v) is 6.55. The normalized spacial score (nSPS) is 38.3. The largest absolute Gasteiger partial charge is 0.486 e. The van der Waals surface area contributed by atoms with Gasteiger partial charge in [0.05, 0.1) is 0 Å². The van der Waals surface area contributed by atoms with E-state index >= 15 is 0 Å². The molecule has 5 rings (SSSR count). The maximum absolute atomic E-state index is 11.9. The van der Waals surface area contributed by atoms with Gasteiger partial charge >= 0.3 is 0 Å². The lowest BCUT2D eigenvalue weighted by Gasteiger charge is -2.34. The van der Waals surface area contributed by atoms with Crippen molar-refractivity contribution in [3.05, 3.63) is 35.4 Å². The topological polar surface area (TPSA) is 47.6 Å². The predicted octanol–water partition coefficient (Wildman–Crippen LogP) is 1.72. The van der Waals surface area contributed by atoms with Gasteiger partial charge in [0, 0.05) is 23.9 Å². The van der Waals surface area contributed by atoms with Crippen molar-refractivity contribution in [2.75, 3.05) is 13.2 Å². The number of benzene rings is 1. The van der Waals surface area contributed by atoms with Crippen molar-refractivity contribution in [2.24, 2.45) is 5.92 Å². The van der Waals surface area contributed by atoms with Gasteiger partial charge in [0.25, 0.3) is 0 Å². The number of fused-ring (bicyclic) bond motifs is 2. The van der Waals surface area contributed by atoms with Crippen LogP contribution in [0.15, 0.2) is 24.3 Å². The van der Waals surface area contributed by atoms with Gasteiger partial charge in [-0.2, -0.15) is 0 Å². The van der Waals surface area contributed by atoms with Crippen LogP contribution in [0.5, 0.6) is 11.5 Å². The first kappa shape index (κ1) is 11.8. The zero-order chi connectivity index (χ0) is 14.2. The number of hydrogen-bond acceptors (Lipinski definition) is 4. The molecule has 0 spiro atoms. The number of ether oxygens (including phenoxy) is 2. The third kappa shape index (κ3) is 1.19. The number of ketones is 1. The monoisotopic (exact) mass is 283 g/mol. The van der Waals surface area contributed by atoms with Crippen molar-refractivity contribution in [1.29, 1.82) is 0 Å². The van der Waals surface area contributed by atoms with E-state index in [1.54, 1.807) is 6.08 Å². The SMILES string of the molecule is C[C@@H]1[C@@]23CC(=O)C=C[C@@]12c1cc2c(cc1CN3)OCCO2. The Morgan fingerprint density at radius 1 is 1.24 bits per heavy atom. The summed E-state index contributed by atoms with van der Waals surface area (Å²) in [6, 6.07) is 4.24. The first-order valence-electron chi connectivity index (χ1n) is 7.57. The molecule has 108 valence electrons. The van der Waals surface area contributed by atoms with E-state index in [0.29, 0.717) is 25.6 Å². The zero-order valence-corrected chi connectivity index (χ0v) is 11.9. The summed E-state index contributed by atoms with van der Waals surface area (Å²) in [5.41, 5.74) is 2.43. The van der Waals surface area contributed by atoms with Crippen molar-refractivity contribution in [1.82, 2.24) is 5.32 Å². The van der Waals surface area contributed by atoms with Crippen molar-refractivity contribution < 1.29 is 14.3 Å². The van der Waals surface area contributed by atoms with Gasteiger partial charge in [-0.05, 0) is 35.3 Å². The third-order valence-electron chi connectivity index (χ3n) is 5.87. The fourth-order valence-corrected chi connectivity index (χ4v) is 4.76. The molecule has 1 aromatic rings. The van der Waals surface area contributed by atoms with Gasteiger partial charge in [-0.3, -0.25) is 4.79 Å². The minimum absolute atomic E-state index is 0.0513. The minimum Gasteiger partial charge on any atom is -0.486 e.